The van der Waals surface area contributed by atoms with Crippen LogP contribution in [0.5, 0.6) is 0 Å². The zero-order valence-corrected chi connectivity index (χ0v) is 15.8. The number of para-hydroxylation sites is 2. The first-order valence-corrected chi connectivity index (χ1v) is 9.81. The summed E-state index contributed by atoms with van der Waals surface area (Å²) in [5.74, 6) is 0.112. The van der Waals surface area contributed by atoms with Crippen molar-refractivity contribution < 1.29 is 18.7 Å². The van der Waals surface area contributed by atoms with Gasteiger partial charge in [0.25, 0.3) is 0 Å². The molecule has 5 nitrogen and oxygen atoms in total. The summed E-state index contributed by atoms with van der Waals surface area (Å²) in [6.45, 7) is 1.48. The minimum Gasteiger partial charge on any atom is -0.453 e. The molecule has 2 aromatic carbocycles. The molecule has 27 heavy (non-hydrogen) atoms. The van der Waals surface area contributed by atoms with Crippen molar-refractivity contribution in [2.45, 2.75) is 25.3 Å². The van der Waals surface area contributed by atoms with Crippen molar-refractivity contribution in [1.82, 2.24) is 9.55 Å². The lowest BCUT2D eigenvalue weighted by atomic mass is 10.1. The molecule has 0 saturated carbocycles. The molecular formula is C20H19FN2O3S. The fourth-order valence-electron chi connectivity index (χ4n) is 2.81. The van der Waals surface area contributed by atoms with Crippen LogP contribution in [0.15, 0.2) is 48.5 Å². The third kappa shape index (κ3) is 4.36. The molecule has 0 aliphatic carbocycles. The summed E-state index contributed by atoms with van der Waals surface area (Å²) in [4.78, 5) is 29.3. The Morgan fingerprint density at radius 2 is 1.89 bits per heavy atom. The minimum absolute atomic E-state index is 0.0303. The lowest BCUT2D eigenvalue weighted by Gasteiger charge is -2.14. The molecule has 0 spiro atoms. The SMILES string of the molecule is CSCc1nc2ccccc2n1CC(=O)O[C@H](C)C(=O)c1ccc(F)cc1. The average Bonchev–Trinajstić information content (AvgIpc) is 2.99. The van der Waals surface area contributed by atoms with Crippen LogP contribution < -0.4 is 0 Å². The van der Waals surface area contributed by atoms with Crippen molar-refractivity contribution in [2.24, 2.45) is 0 Å². The molecule has 0 N–H and O–H groups in total. The highest BCUT2D eigenvalue weighted by molar-refractivity contribution is 7.97. The molecule has 1 aromatic heterocycles. The van der Waals surface area contributed by atoms with Gasteiger partial charge in [-0.25, -0.2) is 9.37 Å². The Morgan fingerprint density at radius 3 is 2.59 bits per heavy atom. The van der Waals surface area contributed by atoms with Crippen LogP contribution in [0.25, 0.3) is 11.0 Å². The number of Topliss-reactive ketones (excluding diaryl/α,β-unsaturated/α-hetero) is 1. The van der Waals surface area contributed by atoms with E-state index in [9.17, 15) is 14.0 Å². The van der Waals surface area contributed by atoms with Gasteiger partial charge in [-0.15, -0.1) is 0 Å². The second kappa shape index (κ2) is 8.35. The second-order valence-corrected chi connectivity index (χ2v) is 6.91. The maximum atomic E-state index is 13.0. The van der Waals surface area contributed by atoms with Gasteiger partial charge in [-0.05, 0) is 49.6 Å². The van der Waals surface area contributed by atoms with Crippen LogP contribution in [0.4, 0.5) is 4.39 Å². The lowest BCUT2D eigenvalue weighted by Crippen LogP contribution is -2.27. The van der Waals surface area contributed by atoms with E-state index in [1.807, 2.05) is 35.1 Å². The van der Waals surface area contributed by atoms with Gasteiger partial charge in [-0.1, -0.05) is 12.1 Å². The predicted octanol–water partition coefficient (Wildman–Crippen LogP) is 3.85. The summed E-state index contributed by atoms with van der Waals surface area (Å²) in [6.07, 6.45) is 1.01. The standard InChI is InChI=1S/C20H19FN2O3S/c1-13(20(25)14-7-9-15(21)10-8-14)26-19(24)11-23-17-6-4-3-5-16(17)22-18(23)12-27-2/h3-10,13H,11-12H2,1-2H3/t13-/m1/s1. The molecule has 0 aliphatic rings. The summed E-state index contributed by atoms with van der Waals surface area (Å²) in [5, 5.41) is 0. The van der Waals surface area contributed by atoms with Gasteiger partial charge < -0.3 is 9.30 Å². The summed E-state index contributed by atoms with van der Waals surface area (Å²) in [7, 11) is 0. The zero-order chi connectivity index (χ0) is 19.4. The molecule has 0 saturated heterocycles. The van der Waals surface area contributed by atoms with E-state index in [0.29, 0.717) is 11.3 Å². The van der Waals surface area contributed by atoms with E-state index in [1.165, 1.54) is 31.2 Å². The zero-order valence-electron chi connectivity index (χ0n) is 15.0. The van der Waals surface area contributed by atoms with E-state index in [4.69, 9.17) is 4.74 Å². The Kier molecular flexibility index (Phi) is 5.91. The van der Waals surface area contributed by atoms with Crippen LogP contribution in [-0.4, -0.2) is 33.7 Å². The number of benzene rings is 2. The molecule has 3 rings (SSSR count). The van der Waals surface area contributed by atoms with Crippen molar-refractivity contribution in [3.63, 3.8) is 0 Å². The Labute approximate surface area is 160 Å². The highest BCUT2D eigenvalue weighted by Gasteiger charge is 2.21. The van der Waals surface area contributed by atoms with Crippen molar-refractivity contribution in [3.05, 3.63) is 65.7 Å². The fraction of sp³-hybridized carbons (Fsp3) is 0.250. The third-order valence-electron chi connectivity index (χ3n) is 4.10. The van der Waals surface area contributed by atoms with E-state index in [-0.39, 0.29) is 12.3 Å². The van der Waals surface area contributed by atoms with Gasteiger partial charge in [0.15, 0.2) is 6.10 Å². The van der Waals surface area contributed by atoms with E-state index in [2.05, 4.69) is 4.98 Å². The number of ether oxygens (including phenoxy) is 1. The molecule has 0 radical (unpaired) electrons. The molecule has 0 aliphatic heterocycles. The summed E-state index contributed by atoms with van der Waals surface area (Å²) < 4.78 is 20.1. The maximum absolute atomic E-state index is 13.0. The summed E-state index contributed by atoms with van der Waals surface area (Å²) in [5.41, 5.74) is 1.95. The molecule has 0 bridgehead atoms. The van der Waals surface area contributed by atoms with Crippen LogP contribution in [0, 0.1) is 5.82 Å². The Morgan fingerprint density at radius 1 is 1.19 bits per heavy atom. The first kappa shape index (κ1) is 19.1. The third-order valence-corrected chi connectivity index (χ3v) is 4.65. The number of hydrogen-bond acceptors (Lipinski definition) is 5. The number of ketones is 1. The number of halogens is 1. The molecule has 0 fully saturated rings. The number of carbonyl (C=O) groups is 2. The van der Waals surface area contributed by atoms with Gasteiger partial charge in [-0.2, -0.15) is 11.8 Å². The second-order valence-electron chi connectivity index (χ2n) is 6.04. The lowest BCUT2D eigenvalue weighted by molar-refractivity contribution is -0.147. The average molecular weight is 386 g/mol. The Balaban J connectivity index is 1.73. The minimum atomic E-state index is -0.957. The van der Waals surface area contributed by atoms with Crippen LogP contribution in [0.1, 0.15) is 23.1 Å². The summed E-state index contributed by atoms with van der Waals surface area (Å²) >= 11 is 1.61. The quantitative estimate of drug-likeness (QED) is 0.456. The molecule has 7 heteroatoms. The van der Waals surface area contributed by atoms with Gasteiger partial charge in [0.05, 0.1) is 16.8 Å². The monoisotopic (exact) mass is 386 g/mol. The van der Waals surface area contributed by atoms with Crippen LogP contribution in [0.3, 0.4) is 0 Å². The van der Waals surface area contributed by atoms with Gasteiger partial charge >= 0.3 is 5.97 Å². The molecule has 0 amide bonds. The van der Waals surface area contributed by atoms with Gasteiger partial charge in [0.2, 0.25) is 5.78 Å². The maximum Gasteiger partial charge on any atom is 0.326 e. The number of aromatic nitrogens is 2. The molecular weight excluding hydrogens is 367 g/mol. The van der Waals surface area contributed by atoms with Gasteiger partial charge in [0.1, 0.15) is 18.2 Å². The topological polar surface area (TPSA) is 61.2 Å². The highest BCUT2D eigenvalue weighted by Crippen LogP contribution is 2.19. The number of hydrogen-bond donors (Lipinski definition) is 0. The molecule has 1 heterocycles. The van der Waals surface area contributed by atoms with E-state index in [1.54, 1.807) is 11.8 Å². The number of esters is 1. The normalized spacial score (nSPS) is 12.1. The summed E-state index contributed by atoms with van der Waals surface area (Å²) in [6, 6.07) is 12.7. The van der Waals surface area contributed by atoms with Crippen LogP contribution >= 0.6 is 11.8 Å². The number of thioether (sulfide) groups is 1. The number of imidazole rings is 1. The van der Waals surface area contributed by atoms with Crippen molar-refractivity contribution >= 4 is 34.5 Å². The number of rotatable bonds is 7. The van der Waals surface area contributed by atoms with E-state index < -0.39 is 17.9 Å². The van der Waals surface area contributed by atoms with E-state index in [0.717, 1.165) is 16.9 Å². The van der Waals surface area contributed by atoms with Crippen molar-refractivity contribution in [1.29, 1.82) is 0 Å². The van der Waals surface area contributed by atoms with Crippen molar-refractivity contribution in [2.75, 3.05) is 6.26 Å². The molecule has 140 valence electrons. The fourth-order valence-corrected chi connectivity index (χ4v) is 3.29. The van der Waals surface area contributed by atoms with Crippen molar-refractivity contribution in [3.8, 4) is 0 Å². The first-order chi connectivity index (χ1) is 13.0. The molecule has 1 atom stereocenters. The van der Waals surface area contributed by atoms with Gasteiger partial charge in [-0.3, -0.25) is 9.59 Å². The number of carbonyl (C=O) groups excluding carboxylic acids is 2. The number of nitrogens with zero attached hydrogens (tertiary/aromatic N) is 2. The molecule has 3 aromatic rings. The first-order valence-electron chi connectivity index (χ1n) is 8.42. The highest BCUT2D eigenvalue weighted by atomic mass is 32.2. The van der Waals surface area contributed by atoms with Crippen LogP contribution in [0.2, 0.25) is 0 Å². The predicted molar refractivity (Wildman–Crippen MR) is 103 cm³/mol. The van der Waals surface area contributed by atoms with E-state index >= 15 is 0 Å². The van der Waals surface area contributed by atoms with Crippen LogP contribution in [-0.2, 0) is 21.8 Å². The smallest absolute Gasteiger partial charge is 0.326 e. The Hall–Kier alpha value is -2.67. The molecule has 0 unspecified atom stereocenters. The van der Waals surface area contributed by atoms with Gasteiger partial charge in [0, 0.05) is 5.56 Å². The number of fused-ring (bicyclic) bond motifs is 1. The Bertz CT molecular complexity index is 969. The largest absolute Gasteiger partial charge is 0.453 e.